The fourth-order valence-corrected chi connectivity index (χ4v) is 1.92. The Morgan fingerprint density at radius 1 is 0.880 bits per heavy atom. The van der Waals surface area contributed by atoms with Crippen molar-refractivity contribution in [1.29, 1.82) is 0 Å². The Labute approximate surface area is 149 Å². The normalized spacial score (nSPS) is 13.1. The van der Waals surface area contributed by atoms with E-state index in [0.29, 0.717) is 6.42 Å². The van der Waals surface area contributed by atoms with Gasteiger partial charge in [-0.1, -0.05) is 6.92 Å². The maximum atomic E-state index is 11.7. The monoisotopic (exact) mass is 360 g/mol. The Kier molecular flexibility index (Phi) is 8.73. The molecule has 0 unspecified atom stereocenters. The molecular formula is C17H32N2O6. The van der Waals surface area contributed by atoms with Crippen molar-refractivity contribution < 1.29 is 29.0 Å². The van der Waals surface area contributed by atoms with E-state index in [1.807, 2.05) is 0 Å². The van der Waals surface area contributed by atoms with Crippen LogP contribution in [0.4, 0.5) is 9.59 Å². The zero-order valence-corrected chi connectivity index (χ0v) is 16.3. The molecule has 25 heavy (non-hydrogen) atoms. The molecule has 0 aliphatic heterocycles. The number of carbonyl (C=O) groups excluding carboxylic acids is 2. The zero-order chi connectivity index (χ0) is 19.8. The van der Waals surface area contributed by atoms with Crippen LogP contribution in [0, 0.1) is 11.8 Å². The molecule has 8 heteroatoms. The summed E-state index contributed by atoms with van der Waals surface area (Å²) in [7, 11) is 0. The van der Waals surface area contributed by atoms with Crippen LogP contribution in [0.2, 0.25) is 0 Å². The lowest BCUT2D eigenvalue weighted by Crippen LogP contribution is -2.41. The summed E-state index contributed by atoms with van der Waals surface area (Å²) in [6.07, 6.45) is -0.878. The van der Waals surface area contributed by atoms with Crippen LogP contribution in [0.3, 0.4) is 0 Å². The van der Waals surface area contributed by atoms with Crippen LogP contribution in [-0.4, -0.2) is 47.6 Å². The van der Waals surface area contributed by atoms with E-state index in [1.54, 1.807) is 48.5 Å². The molecule has 0 heterocycles. The summed E-state index contributed by atoms with van der Waals surface area (Å²) in [5.74, 6) is -1.81. The van der Waals surface area contributed by atoms with Crippen molar-refractivity contribution >= 4 is 18.2 Å². The fraction of sp³-hybridized carbons (Fsp3) is 0.824. The summed E-state index contributed by atoms with van der Waals surface area (Å²) in [5.41, 5.74) is -1.24. The number of carbonyl (C=O) groups is 3. The number of hydrogen-bond donors (Lipinski definition) is 3. The molecule has 1 atom stereocenters. The van der Waals surface area contributed by atoms with E-state index in [1.165, 1.54) is 0 Å². The van der Waals surface area contributed by atoms with Gasteiger partial charge < -0.3 is 25.2 Å². The van der Waals surface area contributed by atoms with E-state index in [2.05, 4.69) is 10.6 Å². The van der Waals surface area contributed by atoms with Crippen LogP contribution in [-0.2, 0) is 14.3 Å². The van der Waals surface area contributed by atoms with Crippen molar-refractivity contribution in [3.63, 3.8) is 0 Å². The van der Waals surface area contributed by atoms with Gasteiger partial charge in [0.25, 0.3) is 0 Å². The predicted octanol–water partition coefficient (Wildman–Crippen LogP) is 2.76. The highest BCUT2D eigenvalue weighted by molar-refractivity contribution is 5.70. The standard InChI is InChI=1S/C17H32N2O6/c1-11(13(20)21)8-12(9-18-14(22)24-16(2,3)4)10-19-15(23)25-17(5,6)7/h11-12H,8-10H2,1-7H3,(H,18,22)(H,19,23)(H,20,21)/t11-/m0/s1. The average Bonchev–Trinajstić information content (AvgIpc) is 2.37. The second-order valence-corrected chi connectivity index (χ2v) is 8.11. The second kappa shape index (κ2) is 9.48. The minimum atomic E-state index is -0.931. The van der Waals surface area contributed by atoms with Gasteiger partial charge in [-0.15, -0.1) is 0 Å². The van der Waals surface area contributed by atoms with E-state index < -0.39 is 35.3 Å². The number of amides is 2. The number of aliphatic carboxylic acids is 1. The summed E-state index contributed by atoms with van der Waals surface area (Å²) < 4.78 is 10.3. The van der Waals surface area contributed by atoms with Crippen LogP contribution in [0.15, 0.2) is 0 Å². The lowest BCUT2D eigenvalue weighted by Gasteiger charge is -2.24. The van der Waals surface area contributed by atoms with Crippen LogP contribution < -0.4 is 10.6 Å². The predicted molar refractivity (Wildman–Crippen MR) is 93.4 cm³/mol. The number of ether oxygens (including phenoxy) is 2. The van der Waals surface area contributed by atoms with Crippen molar-refractivity contribution in [2.75, 3.05) is 13.1 Å². The maximum absolute atomic E-state index is 11.7. The quantitative estimate of drug-likeness (QED) is 0.643. The van der Waals surface area contributed by atoms with Crippen molar-refractivity contribution in [3.8, 4) is 0 Å². The lowest BCUT2D eigenvalue weighted by molar-refractivity contribution is -0.141. The Morgan fingerprint density at radius 2 is 1.24 bits per heavy atom. The van der Waals surface area contributed by atoms with Crippen LogP contribution in [0.5, 0.6) is 0 Å². The number of nitrogens with one attached hydrogen (secondary N) is 2. The Morgan fingerprint density at radius 3 is 1.52 bits per heavy atom. The number of carboxylic acid groups (broad SMARTS) is 1. The molecule has 0 aliphatic carbocycles. The third kappa shape index (κ3) is 13.0. The molecule has 0 rings (SSSR count). The number of alkyl carbamates (subject to hydrolysis) is 2. The van der Waals surface area contributed by atoms with E-state index in [4.69, 9.17) is 14.6 Å². The molecule has 0 bridgehead atoms. The van der Waals surface area contributed by atoms with E-state index in [9.17, 15) is 14.4 Å². The van der Waals surface area contributed by atoms with Gasteiger partial charge in [-0.25, -0.2) is 9.59 Å². The van der Waals surface area contributed by atoms with Gasteiger partial charge >= 0.3 is 18.2 Å². The zero-order valence-electron chi connectivity index (χ0n) is 16.3. The summed E-state index contributed by atoms with van der Waals surface area (Å²) >= 11 is 0. The largest absolute Gasteiger partial charge is 0.481 e. The van der Waals surface area contributed by atoms with E-state index in [-0.39, 0.29) is 19.0 Å². The maximum Gasteiger partial charge on any atom is 0.407 e. The molecule has 8 nitrogen and oxygen atoms in total. The average molecular weight is 360 g/mol. The minimum absolute atomic E-state index is 0.183. The molecule has 0 saturated heterocycles. The number of rotatable bonds is 7. The first kappa shape index (κ1) is 23.0. The Balaban J connectivity index is 4.63. The molecule has 0 aromatic rings. The first-order chi connectivity index (χ1) is 11.2. The molecule has 0 aromatic carbocycles. The van der Waals surface area contributed by atoms with Gasteiger partial charge in [0.1, 0.15) is 11.2 Å². The van der Waals surface area contributed by atoms with Gasteiger partial charge in [0.2, 0.25) is 0 Å². The van der Waals surface area contributed by atoms with Gasteiger partial charge in [0.15, 0.2) is 0 Å². The Hall–Kier alpha value is -1.99. The highest BCUT2D eigenvalue weighted by atomic mass is 16.6. The molecule has 0 spiro atoms. The van der Waals surface area contributed by atoms with Crippen molar-refractivity contribution in [2.45, 2.75) is 66.1 Å². The lowest BCUT2D eigenvalue weighted by atomic mass is 9.95. The molecule has 3 N–H and O–H groups in total. The molecule has 0 aromatic heterocycles. The number of carboxylic acids is 1. The van der Waals surface area contributed by atoms with Gasteiger partial charge in [-0.2, -0.15) is 0 Å². The molecule has 0 aliphatic rings. The molecule has 0 radical (unpaired) electrons. The number of hydrogen-bond acceptors (Lipinski definition) is 5. The molecule has 0 fully saturated rings. The third-order valence-electron chi connectivity index (χ3n) is 2.98. The summed E-state index contributed by atoms with van der Waals surface area (Å²) in [6.45, 7) is 12.4. The van der Waals surface area contributed by atoms with Crippen molar-refractivity contribution in [3.05, 3.63) is 0 Å². The van der Waals surface area contributed by atoms with Gasteiger partial charge in [-0.05, 0) is 53.9 Å². The molecule has 0 saturated carbocycles. The van der Waals surface area contributed by atoms with Gasteiger partial charge in [0, 0.05) is 13.1 Å². The first-order valence-electron chi connectivity index (χ1n) is 8.36. The van der Waals surface area contributed by atoms with Crippen LogP contribution >= 0.6 is 0 Å². The summed E-state index contributed by atoms with van der Waals surface area (Å²) in [4.78, 5) is 34.6. The van der Waals surface area contributed by atoms with Crippen molar-refractivity contribution in [1.82, 2.24) is 10.6 Å². The second-order valence-electron chi connectivity index (χ2n) is 8.11. The highest BCUT2D eigenvalue weighted by Gasteiger charge is 2.23. The van der Waals surface area contributed by atoms with Crippen LogP contribution in [0.25, 0.3) is 0 Å². The van der Waals surface area contributed by atoms with E-state index in [0.717, 1.165) is 0 Å². The fourth-order valence-electron chi connectivity index (χ4n) is 1.92. The van der Waals surface area contributed by atoms with Gasteiger partial charge in [-0.3, -0.25) is 4.79 Å². The summed E-state index contributed by atoms with van der Waals surface area (Å²) in [6, 6.07) is 0. The highest BCUT2D eigenvalue weighted by Crippen LogP contribution is 2.13. The molecule has 146 valence electrons. The first-order valence-corrected chi connectivity index (χ1v) is 8.36. The van der Waals surface area contributed by atoms with Crippen molar-refractivity contribution in [2.24, 2.45) is 11.8 Å². The van der Waals surface area contributed by atoms with E-state index >= 15 is 0 Å². The smallest absolute Gasteiger partial charge is 0.407 e. The third-order valence-corrected chi connectivity index (χ3v) is 2.98. The van der Waals surface area contributed by atoms with Gasteiger partial charge in [0.05, 0.1) is 5.92 Å². The minimum Gasteiger partial charge on any atom is -0.481 e. The van der Waals surface area contributed by atoms with Crippen LogP contribution in [0.1, 0.15) is 54.9 Å². The topological polar surface area (TPSA) is 114 Å². The SMILES string of the molecule is C[C@@H](CC(CNC(=O)OC(C)(C)C)CNC(=O)OC(C)(C)C)C(=O)O. The Bertz CT molecular complexity index is 433. The molecular weight excluding hydrogens is 328 g/mol. The summed E-state index contributed by atoms with van der Waals surface area (Å²) in [5, 5.41) is 14.3. The molecule has 2 amide bonds.